The summed E-state index contributed by atoms with van der Waals surface area (Å²) < 4.78 is 14.1. The van der Waals surface area contributed by atoms with Crippen molar-refractivity contribution in [2.45, 2.75) is 26.4 Å². The first kappa shape index (κ1) is 15.6. The normalized spacial score (nSPS) is 10.5. The molecule has 116 valence electrons. The van der Waals surface area contributed by atoms with E-state index < -0.39 is 11.7 Å². The second-order valence-corrected chi connectivity index (χ2v) is 4.95. The highest BCUT2D eigenvalue weighted by atomic mass is 19.1. The summed E-state index contributed by atoms with van der Waals surface area (Å²) in [6.07, 6.45) is 1.35. The molecule has 22 heavy (non-hydrogen) atoms. The number of amides is 2. The van der Waals surface area contributed by atoms with Gasteiger partial charge in [0.2, 0.25) is 11.9 Å². The van der Waals surface area contributed by atoms with E-state index in [1.165, 1.54) is 35.3 Å². The van der Waals surface area contributed by atoms with E-state index in [4.69, 9.17) is 0 Å². The maximum atomic E-state index is 12.8. The highest BCUT2D eigenvalue weighted by molar-refractivity contribution is 6.03. The Kier molecular flexibility index (Phi) is 4.82. The molecule has 8 heteroatoms. The summed E-state index contributed by atoms with van der Waals surface area (Å²) in [7, 11) is 0. The predicted octanol–water partition coefficient (Wildman–Crippen LogP) is 1.19. The first-order valence-electron chi connectivity index (χ1n) is 6.70. The number of benzene rings is 1. The maximum Gasteiger partial charge on any atom is 0.258 e. The molecule has 0 aliphatic heterocycles. The Morgan fingerprint density at radius 1 is 1.27 bits per heavy atom. The molecule has 0 saturated carbocycles. The molecule has 0 fully saturated rings. The van der Waals surface area contributed by atoms with Crippen LogP contribution in [0.3, 0.4) is 0 Å². The molecule has 0 aliphatic carbocycles. The van der Waals surface area contributed by atoms with Gasteiger partial charge in [-0.05, 0) is 38.1 Å². The van der Waals surface area contributed by atoms with E-state index in [1.54, 1.807) is 0 Å². The van der Waals surface area contributed by atoms with Crippen molar-refractivity contribution in [3.05, 3.63) is 42.0 Å². The van der Waals surface area contributed by atoms with Crippen molar-refractivity contribution in [3.8, 4) is 0 Å². The van der Waals surface area contributed by atoms with E-state index in [1.807, 2.05) is 13.8 Å². The molecule has 0 aliphatic rings. The zero-order chi connectivity index (χ0) is 16.1. The first-order valence-corrected chi connectivity index (χ1v) is 6.70. The van der Waals surface area contributed by atoms with Crippen LogP contribution in [0.5, 0.6) is 0 Å². The van der Waals surface area contributed by atoms with E-state index in [2.05, 4.69) is 20.7 Å². The zero-order valence-corrected chi connectivity index (χ0v) is 12.2. The van der Waals surface area contributed by atoms with E-state index in [9.17, 15) is 14.0 Å². The molecule has 2 amide bonds. The van der Waals surface area contributed by atoms with Crippen molar-refractivity contribution in [2.24, 2.45) is 0 Å². The molecule has 0 atom stereocenters. The number of nitrogens with one attached hydrogen (secondary N) is 2. The third-order valence-electron chi connectivity index (χ3n) is 2.62. The second kappa shape index (κ2) is 6.79. The van der Waals surface area contributed by atoms with Crippen molar-refractivity contribution in [1.82, 2.24) is 20.1 Å². The summed E-state index contributed by atoms with van der Waals surface area (Å²) in [4.78, 5) is 27.4. The van der Waals surface area contributed by atoms with Gasteiger partial charge < -0.3 is 5.32 Å². The number of rotatable bonds is 5. The SMILES string of the molecule is CC(C)NC(=O)Cn1cnc(NC(=O)c2ccc(F)cc2)n1. The van der Waals surface area contributed by atoms with Crippen LogP contribution in [0.15, 0.2) is 30.6 Å². The van der Waals surface area contributed by atoms with E-state index >= 15 is 0 Å². The van der Waals surface area contributed by atoms with E-state index in [-0.39, 0.29) is 30.0 Å². The number of aromatic nitrogens is 3. The van der Waals surface area contributed by atoms with Crippen molar-refractivity contribution in [1.29, 1.82) is 0 Å². The molecule has 2 N–H and O–H groups in total. The minimum absolute atomic E-state index is 0.0115. The summed E-state index contributed by atoms with van der Waals surface area (Å²) >= 11 is 0. The largest absolute Gasteiger partial charge is 0.352 e. The third kappa shape index (κ3) is 4.37. The second-order valence-electron chi connectivity index (χ2n) is 4.95. The smallest absolute Gasteiger partial charge is 0.258 e. The summed E-state index contributed by atoms with van der Waals surface area (Å²) in [5.41, 5.74) is 0.287. The molecule has 1 aromatic carbocycles. The molecule has 7 nitrogen and oxygen atoms in total. The fraction of sp³-hybridized carbons (Fsp3) is 0.286. The average Bonchev–Trinajstić information content (AvgIpc) is 2.85. The lowest BCUT2D eigenvalue weighted by molar-refractivity contribution is -0.122. The van der Waals surface area contributed by atoms with Crippen LogP contribution in [0.1, 0.15) is 24.2 Å². The third-order valence-corrected chi connectivity index (χ3v) is 2.62. The lowest BCUT2D eigenvalue weighted by atomic mass is 10.2. The molecule has 2 rings (SSSR count). The molecule has 0 saturated heterocycles. The van der Waals surface area contributed by atoms with Gasteiger partial charge in [0, 0.05) is 11.6 Å². The van der Waals surface area contributed by atoms with Gasteiger partial charge in [-0.1, -0.05) is 0 Å². The number of carbonyl (C=O) groups excluding carboxylic acids is 2. The van der Waals surface area contributed by atoms with Crippen LogP contribution in [-0.4, -0.2) is 32.6 Å². The van der Waals surface area contributed by atoms with Crippen LogP contribution in [0.2, 0.25) is 0 Å². The Morgan fingerprint density at radius 2 is 1.95 bits per heavy atom. The van der Waals surface area contributed by atoms with Crippen LogP contribution in [-0.2, 0) is 11.3 Å². The minimum Gasteiger partial charge on any atom is -0.352 e. The van der Waals surface area contributed by atoms with Gasteiger partial charge in [-0.3, -0.25) is 14.9 Å². The van der Waals surface area contributed by atoms with E-state index in [0.29, 0.717) is 0 Å². The fourth-order valence-electron chi connectivity index (χ4n) is 1.72. The molecule has 2 aromatic rings. The maximum absolute atomic E-state index is 12.8. The molecule has 0 spiro atoms. The predicted molar refractivity (Wildman–Crippen MR) is 77.7 cm³/mol. The molecule has 1 heterocycles. The molecular weight excluding hydrogens is 289 g/mol. The summed E-state index contributed by atoms with van der Waals surface area (Å²) in [5, 5.41) is 9.18. The van der Waals surface area contributed by atoms with Crippen molar-refractivity contribution in [3.63, 3.8) is 0 Å². The molecule has 1 aromatic heterocycles. The monoisotopic (exact) mass is 305 g/mol. The topological polar surface area (TPSA) is 88.9 Å². The molecular formula is C14H16FN5O2. The van der Waals surface area contributed by atoms with Gasteiger partial charge in [0.25, 0.3) is 5.91 Å². The van der Waals surface area contributed by atoms with Crippen LogP contribution in [0.25, 0.3) is 0 Å². The number of anilines is 1. The van der Waals surface area contributed by atoms with Crippen molar-refractivity contribution < 1.29 is 14.0 Å². The van der Waals surface area contributed by atoms with Gasteiger partial charge in [0.05, 0.1) is 0 Å². The number of hydrogen-bond donors (Lipinski definition) is 2. The fourth-order valence-corrected chi connectivity index (χ4v) is 1.72. The standard InChI is InChI=1S/C14H16FN5O2/c1-9(2)17-12(21)7-20-8-16-14(19-20)18-13(22)10-3-5-11(15)6-4-10/h3-6,8-9H,7H2,1-2H3,(H,17,21)(H,18,19,22). The summed E-state index contributed by atoms with van der Waals surface area (Å²) in [5.74, 6) is -0.998. The van der Waals surface area contributed by atoms with Crippen LogP contribution < -0.4 is 10.6 Å². The number of nitrogens with zero attached hydrogens (tertiary/aromatic N) is 3. The highest BCUT2D eigenvalue weighted by Gasteiger charge is 2.11. The Labute approximate surface area is 126 Å². The Morgan fingerprint density at radius 3 is 2.59 bits per heavy atom. The van der Waals surface area contributed by atoms with Crippen LogP contribution in [0, 0.1) is 5.82 Å². The van der Waals surface area contributed by atoms with Gasteiger partial charge in [-0.25, -0.2) is 14.1 Å². The Bertz CT molecular complexity index is 666. The van der Waals surface area contributed by atoms with Crippen molar-refractivity contribution >= 4 is 17.8 Å². The molecule has 0 bridgehead atoms. The summed E-state index contributed by atoms with van der Waals surface area (Å²) in [6, 6.07) is 5.14. The van der Waals surface area contributed by atoms with Gasteiger partial charge in [0.15, 0.2) is 0 Å². The van der Waals surface area contributed by atoms with E-state index in [0.717, 1.165) is 0 Å². The summed E-state index contributed by atoms with van der Waals surface area (Å²) in [6.45, 7) is 3.72. The Hall–Kier alpha value is -2.77. The van der Waals surface area contributed by atoms with Crippen LogP contribution in [0.4, 0.5) is 10.3 Å². The molecule has 0 radical (unpaired) electrons. The zero-order valence-electron chi connectivity index (χ0n) is 12.2. The number of carbonyl (C=O) groups is 2. The van der Waals surface area contributed by atoms with Crippen molar-refractivity contribution in [2.75, 3.05) is 5.32 Å². The molecule has 0 unspecified atom stereocenters. The van der Waals surface area contributed by atoms with Crippen LogP contribution >= 0.6 is 0 Å². The van der Waals surface area contributed by atoms with Gasteiger partial charge >= 0.3 is 0 Å². The highest BCUT2D eigenvalue weighted by Crippen LogP contribution is 2.05. The minimum atomic E-state index is -0.454. The Balaban J connectivity index is 1.95. The quantitative estimate of drug-likeness (QED) is 0.868. The average molecular weight is 305 g/mol. The lowest BCUT2D eigenvalue weighted by Crippen LogP contribution is -2.33. The lowest BCUT2D eigenvalue weighted by Gasteiger charge is -2.07. The van der Waals surface area contributed by atoms with Gasteiger partial charge in [0.1, 0.15) is 18.7 Å². The number of halogens is 1. The van der Waals surface area contributed by atoms with Gasteiger partial charge in [-0.2, -0.15) is 0 Å². The van der Waals surface area contributed by atoms with Gasteiger partial charge in [-0.15, -0.1) is 5.10 Å². The first-order chi connectivity index (χ1) is 10.4. The number of hydrogen-bond acceptors (Lipinski definition) is 4.